The Morgan fingerprint density at radius 1 is 1.43 bits per heavy atom. The van der Waals surface area contributed by atoms with E-state index < -0.39 is 23.6 Å². The van der Waals surface area contributed by atoms with Gasteiger partial charge in [-0.15, -0.1) is 0 Å². The Bertz CT molecular complexity index is 390. The molecule has 2 nitrogen and oxygen atoms in total. The summed E-state index contributed by atoms with van der Waals surface area (Å²) in [6.45, 7) is 3.84. The average molecular weight is 417 g/mol. The van der Waals surface area contributed by atoms with Crippen molar-refractivity contribution >= 4 is 45.7 Å². The molecule has 0 amide bonds. The van der Waals surface area contributed by atoms with Crippen LogP contribution in [0.3, 0.4) is 0 Å². The summed E-state index contributed by atoms with van der Waals surface area (Å²) in [4.78, 5) is 10.7. The Morgan fingerprint density at radius 3 is 2.43 bits per heavy atom. The molecule has 0 aliphatic heterocycles. The quantitative estimate of drug-likeness (QED) is 0.430. The van der Waals surface area contributed by atoms with Crippen molar-refractivity contribution in [2.75, 3.05) is 0 Å². The van der Waals surface area contributed by atoms with Crippen molar-refractivity contribution in [3.8, 4) is 5.75 Å². The van der Waals surface area contributed by atoms with Gasteiger partial charge in [0.25, 0.3) is 0 Å². The van der Waals surface area contributed by atoms with Crippen LogP contribution >= 0.6 is 4.00 Å². The summed E-state index contributed by atoms with van der Waals surface area (Å²) in [7, 11) is 0. The second-order valence-electron chi connectivity index (χ2n) is 2.92. The summed E-state index contributed by atoms with van der Waals surface area (Å²) in [6, 6.07) is 3.82. The summed E-state index contributed by atoms with van der Waals surface area (Å²) >= 11 is 3.65. The average Bonchev–Trinajstić information content (AvgIpc) is 2.14. The summed E-state index contributed by atoms with van der Waals surface area (Å²) in [5, 5.41) is 0. The predicted molar refractivity (Wildman–Crippen MR) is 62.0 cm³/mol. The van der Waals surface area contributed by atoms with Gasteiger partial charge >= 0.3 is 102 Å². The predicted octanol–water partition coefficient (Wildman–Crippen LogP) is 2.44. The second kappa shape index (κ2) is 5.98. The molecule has 70 valence electrons. The van der Waals surface area contributed by atoms with E-state index in [9.17, 15) is 4.79 Å². The van der Waals surface area contributed by atoms with Crippen LogP contribution in [-0.4, -0.2) is 29.8 Å². The fourth-order valence-electron chi connectivity index (χ4n) is 1.27. The molecule has 0 radical (unpaired) electrons. The molecule has 1 aromatic rings. The molecule has 0 fully saturated rings. The zero-order valence-electron chi connectivity index (χ0n) is 7.98. The van der Waals surface area contributed by atoms with Gasteiger partial charge in [0.2, 0.25) is 0 Å². The van der Waals surface area contributed by atoms with E-state index in [0.717, 1.165) is 32.7 Å². The van der Waals surface area contributed by atoms with Gasteiger partial charge in [0.15, 0.2) is 0 Å². The van der Waals surface area contributed by atoms with Crippen molar-refractivity contribution in [2.45, 2.75) is 13.8 Å². The maximum atomic E-state index is 10.7. The number of benzene rings is 1. The topological polar surface area (TPSA) is 26.3 Å². The van der Waals surface area contributed by atoms with Gasteiger partial charge in [0, 0.05) is 0 Å². The molecule has 0 unspecified atom stereocenters. The Balaban J connectivity index is 3.13. The molecule has 0 heterocycles. The van der Waals surface area contributed by atoms with Crippen molar-refractivity contribution in [1.82, 2.24) is 0 Å². The van der Waals surface area contributed by atoms with E-state index >= 15 is 0 Å². The molecular weight excluding hydrogens is 408 g/mol. The number of rotatable bonds is 3. The summed E-state index contributed by atoms with van der Waals surface area (Å²) in [5.74, 6) is 0.873. The Kier molecular flexibility index (Phi) is 5.27. The first kappa shape index (κ1) is 12.3. The van der Waals surface area contributed by atoms with Crippen molar-refractivity contribution in [2.24, 2.45) is 0 Å². The molecule has 0 bridgehead atoms. The van der Waals surface area contributed by atoms with E-state index in [1.165, 1.54) is 0 Å². The van der Waals surface area contributed by atoms with Crippen LogP contribution in [0.1, 0.15) is 21.5 Å². The Labute approximate surface area is 101 Å². The number of carbonyl (C=O) groups excluding carboxylic acids is 1. The number of aldehydes is 1. The third kappa shape index (κ3) is 3.14. The van der Waals surface area contributed by atoms with Crippen LogP contribution in [0.2, 0.25) is 0 Å². The van der Waals surface area contributed by atoms with Gasteiger partial charge in [-0.25, -0.2) is 0 Å². The van der Waals surface area contributed by atoms with Crippen molar-refractivity contribution in [3.63, 3.8) is 0 Å². The molecule has 0 aromatic heterocycles. The van der Waals surface area contributed by atoms with Gasteiger partial charge < -0.3 is 0 Å². The molecule has 0 aliphatic carbocycles. The van der Waals surface area contributed by atoms with Crippen LogP contribution in [-0.2, 0) is 11.8 Å². The van der Waals surface area contributed by atoms with Crippen LogP contribution in [0, 0.1) is 13.8 Å². The molecule has 5 heteroatoms. The molecular formula is C9H9O2PSTl+. The molecule has 14 heavy (non-hydrogen) atoms. The van der Waals surface area contributed by atoms with Gasteiger partial charge in [-0.1, -0.05) is 0 Å². The van der Waals surface area contributed by atoms with E-state index in [1.807, 2.05) is 26.0 Å². The first-order chi connectivity index (χ1) is 6.69. The maximum absolute atomic E-state index is 10.7. The standard InChI is InChI=1S/C9H10O2.PS.Tl/c1-6-3-8(11)4-7(2)9(6)5-10;1-2;/h3-5,11H,1-2H3;;/q;-1;+3/p-1. The zero-order chi connectivity index (χ0) is 10.6. The Hall–Kier alpha value is 0.262. The van der Waals surface area contributed by atoms with Crippen LogP contribution in [0.5, 0.6) is 5.75 Å². The van der Waals surface area contributed by atoms with Gasteiger partial charge in [-0.05, 0) is 0 Å². The zero-order valence-corrected chi connectivity index (χ0v) is 14.2. The van der Waals surface area contributed by atoms with Gasteiger partial charge in [0.1, 0.15) is 0 Å². The molecule has 0 saturated heterocycles. The van der Waals surface area contributed by atoms with Crippen molar-refractivity contribution < 1.29 is 7.48 Å². The number of hydrogen-bond donors (Lipinski definition) is 0. The van der Waals surface area contributed by atoms with E-state index in [4.69, 9.17) is 14.5 Å². The fourth-order valence-corrected chi connectivity index (χ4v) is 5.02. The molecule has 1 aromatic carbocycles. The molecule has 0 saturated carbocycles. The first-order valence-corrected chi connectivity index (χ1v) is 13.9. The molecule has 0 N–H and O–H groups in total. The SMILES string of the molecule is Cc1cc([O][Tl]=[P+]=S)cc(C)c1C=O. The van der Waals surface area contributed by atoms with E-state index in [2.05, 4.69) is 0 Å². The Morgan fingerprint density at radius 2 is 2.00 bits per heavy atom. The van der Waals surface area contributed by atoms with E-state index in [1.54, 1.807) is 0 Å². The van der Waals surface area contributed by atoms with E-state index in [-0.39, 0.29) is 0 Å². The first-order valence-electron chi connectivity index (χ1n) is 4.06. The van der Waals surface area contributed by atoms with Gasteiger partial charge in [-0.2, -0.15) is 0 Å². The number of carbonyl (C=O) groups is 1. The molecule has 1 rings (SSSR count). The summed E-state index contributed by atoms with van der Waals surface area (Å²) in [5.41, 5.74) is 2.72. The second-order valence-corrected chi connectivity index (χ2v) is 14.7. The number of hydrogen-bond acceptors (Lipinski definition) is 3. The normalized spacial score (nSPS) is 9.00. The molecule has 0 aliphatic rings. The van der Waals surface area contributed by atoms with Gasteiger partial charge in [-0.3, -0.25) is 0 Å². The minimum atomic E-state index is -1.20. The molecule has 0 atom stereocenters. The fraction of sp³-hybridized carbons (Fsp3) is 0.222. The third-order valence-corrected chi connectivity index (χ3v) is 7.67. The van der Waals surface area contributed by atoms with Gasteiger partial charge in [0.05, 0.1) is 0 Å². The minimum absolute atomic E-state index is 0.767. The third-order valence-electron chi connectivity index (χ3n) is 1.92. The van der Waals surface area contributed by atoms with Crippen LogP contribution in [0.15, 0.2) is 12.1 Å². The van der Waals surface area contributed by atoms with Crippen LogP contribution < -0.4 is 2.69 Å². The molecule has 0 spiro atoms. The van der Waals surface area contributed by atoms with Crippen LogP contribution in [0.25, 0.3) is 0 Å². The van der Waals surface area contributed by atoms with Crippen molar-refractivity contribution in [3.05, 3.63) is 28.8 Å². The summed E-state index contributed by atoms with van der Waals surface area (Å²) in [6.07, 6.45) is 0.892. The summed E-state index contributed by atoms with van der Waals surface area (Å²) < 4.78 is 6.59. The monoisotopic (exact) mass is 417 g/mol. The van der Waals surface area contributed by atoms with Crippen molar-refractivity contribution in [1.29, 1.82) is 0 Å². The number of aryl methyl sites for hydroxylation is 2. The van der Waals surface area contributed by atoms with E-state index in [0.29, 0.717) is 0 Å². The van der Waals surface area contributed by atoms with Crippen LogP contribution in [0.4, 0.5) is 0 Å².